The number of rotatable bonds is 4. The molecule has 1 fully saturated rings. The number of hydrogen-bond donors (Lipinski definition) is 1. The molecule has 0 atom stereocenters. The lowest BCUT2D eigenvalue weighted by Gasteiger charge is -2.30. The summed E-state index contributed by atoms with van der Waals surface area (Å²) in [5, 5.41) is 2.66. The fourth-order valence-electron chi connectivity index (χ4n) is 2.34. The summed E-state index contributed by atoms with van der Waals surface area (Å²) in [4.78, 5) is 30.2. The van der Waals surface area contributed by atoms with Crippen molar-refractivity contribution in [3.8, 4) is 0 Å². The highest BCUT2D eigenvalue weighted by Gasteiger charge is 2.22. The van der Waals surface area contributed by atoms with Crippen LogP contribution >= 0.6 is 0 Å². The summed E-state index contributed by atoms with van der Waals surface area (Å²) in [7, 11) is 0. The van der Waals surface area contributed by atoms with E-state index in [-0.39, 0.29) is 17.5 Å². The fourth-order valence-corrected chi connectivity index (χ4v) is 2.34. The van der Waals surface area contributed by atoms with Crippen LogP contribution < -0.4 is 5.32 Å². The average molecular weight is 287 g/mol. The smallest absolute Gasteiger partial charge is 0.270 e. The van der Waals surface area contributed by atoms with E-state index >= 15 is 0 Å². The van der Waals surface area contributed by atoms with E-state index in [1.54, 1.807) is 18.2 Å². The lowest BCUT2D eigenvalue weighted by molar-refractivity contribution is 0.0697. The van der Waals surface area contributed by atoms with Gasteiger partial charge in [0.15, 0.2) is 0 Å². The molecule has 0 radical (unpaired) electrons. The van der Waals surface area contributed by atoms with Crippen LogP contribution in [0.1, 0.15) is 40.6 Å². The summed E-state index contributed by atoms with van der Waals surface area (Å²) in [6, 6.07) is 3.21. The van der Waals surface area contributed by atoms with Crippen LogP contribution in [-0.2, 0) is 0 Å². The molecule has 2 amide bonds. The van der Waals surface area contributed by atoms with Gasteiger partial charge in [-0.05, 0) is 30.9 Å². The van der Waals surface area contributed by atoms with Crippen LogP contribution in [0.3, 0.4) is 0 Å². The molecule has 1 aliphatic rings. The van der Waals surface area contributed by atoms with Crippen LogP contribution in [0, 0.1) is 5.92 Å². The fraction of sp³-hybridized carbons (Fsp3) is 0.438. The molecule has 1 aromatic heterocycles. The number of nitrogens with one attached hydrogen (secondary N) is 1. The van der Waals surface area contributed by atoms with E-state index in [0.717, 1.165) is 25.9 Å². The number of carbonyl (C=O) groups is 2. The molecule has 112 valence electrons. The van der Waals surface area contributed by atoms with Crippen LogP contribution in [0.25, 0.3) is 0 Å². The molecule has 1 N–H and O–H groups in total. The highest BCUT2D eigenvalue weighted by molar-refractivity contribution is 5.98. The highest BCUT2D eigenvalue weighted by Crippen LogP contribution is 2.18. The maximum absolute atomic E-state index is 12.4. The van der Waals surface area contributed by atoms with E-state index in [1.165, 1.54) is 6.20 Å². The summed E-state index contributed by atoms with van der Waals surface area (Å²) >= 11 is 0. The first-order valence-electron chi connectivity index (χ1n) is 7.26. The standard InChI is InChI=1S/C16H21N3O2/c1-3-7-18-15(20)14-11-13(4-8-17-14)16(21)19-9-5-12(2)6-10-19/h3-4,8,11-12H,1,5-7,9-10H2,2H3,(H,18,20). The molecule has 21 heavy (non-hydrogen) atoms. The van der Waals surface area contributed by atoms with Gasteiger partial charge in [-0.25, -0.2) is 0 Å². The molecular weight excluding hydrogens is 266 g/mol. The van der Waals surface area contributed by atoms with E-state index < -0.39 is 0 Å². The summed E-state index contributed by atoms with van der Waals surface area (Å²) in [6.07, 6.45) is 5.16. The van der Waals surface area contributed by atoms with Crippen LogP contribution in [-0.4, -0.2) is 41.3 Å². The molecular formula is C16H21N3O2. The normalized spacial score (nSPS) is 15.6. The van der Waals surface area contributed by atoms with E-state index in [1.807, 2.05) is 4.90 Å². The van der Waals surface area contributed by atoms with E-state index in [0.29, 0.717) is 18.0 Å². The first-order chi connectivity index (χ1) is 10.1. The van der Waals surface area contributed by atoms with Gasteiger partial charge in [0, 0.05) is 31.4 Å². The van der Waals surface area contributed by atoms with Gasteiger partial charge < -0.3 is 10.2 Å². The molecule has 2 rings (SSSR count). The second-order valence-corrected chi connectivity index (χ2v) is 5.40. The Balaban J connectivity index is 2.07. The third kappa shape index (κ3) is 3.90. The molecule has 0 saturated carbocycles. The zero-order valence-corrected chi connectivity index (χ0v) is 12.3. The quantitative estimate of drug-likeness (QED) is 0.860. The van der Waals surface area contributed by atoms with Gasteiger partial charge >= 0.3 is 0 Å². The van der Waals surface area contributed by atoms with Crippen molar-refractivity contribution in [2.24, 2.45) is 5.92 Å². The number of pyridine rings is 1. The van der Waals surface area contributed by atoms with Crippen LogP contribution in [0.5, 0.6) is 0 Å². The minimum Gasteiger partial charge on any atom is -0.347 e. The Bertz CT molecular complexity index is 534. The number of amides is 2. The maximum atomic E-state index is 12.4. The molecule has 0 aromatic carbocycles. The van der Waals surface area contributed by atoms with Gasteiger partial charge in [0.05, 0.1) is 0 Å². The van der Waals surface area contributed by atoms with Crippen molar-refractivity contribution in [3.05, 3.63) is 42.2 Å². The van der Waals surface area contributed by atoms with Crippen LogP contribution in [0.4, 0.5) is 0 Å². The molecule has 2 heterocycles. The zero-order valence-electron chi connectivity index (χ0n) is 12.3. The molecule has 1 aliphatic heterocycles. The molecule has 5 nitrogen and oxygen atoms in total. The number of piperidine rings is 1. The van der Waals surface area contributed by atoms with Crippen molar-refractivity contribution in [3.63, 3.8) is 0 Å². The Labute approximate surface area is 125 Å². The minimum atomic E-state index is -0.295. The molecule has 1 saturated heterocycles. The molecule has 0 bridgehead atoms. The van der Waals surface area contributed by atoms with Gasteiger partial charge in [-0.3, -0.25) is 14.6 Å². The van der Waals surface area contributed by atoms with Gasteiger partial charge in [-0.15, -0.1) is 6.58 Å². The maximum Gasteiger partial charge on any atom is 0.270 e. The largest absolute Gasteiger partial charge is 0.347 e. The van der Waals surface area contributed by atoms with Crippen molar-refractivity contribution in [2.75, 3.05) is 19.6 Å². The number of aromatic nitrogens is 1. The van der Waals surface area contributed by atoms with Gasteiger partial charge in [0.25, 0.3) is 11.8 Å². The van der Waals surface area contributed by atoms with Crippen molar-refractivity contribution in [2.45, 2.75) is 19.8 Å². The van der Waals surface area contributed by atoms with Crippen molar-refractivity contribution in [1.29, 1.82) is 0 Å². The van der Waals surface area contributed by atoms with Crippen molar-refractivity contribution >= 4 is 11.8 Å². The molecule has 1 aromatic rings. The highest BCUT2D eigenvalue weighted by atomic mass is 16.2. The molecule has 5 heteroatoms. The summed E-state index contributed by atoms with van der Waals surface area (Å²) in [5.41, 5.74) is 0.774. The lowest BCUT2D eigenvalue weighted by atomic mass is 9.98. The van der Waals surface area contributed by atoms with Gasteiger partial charge in [-0.2, -0.15) is 0 Å². The Morgan fingerprint density at radius 2 is 2.19 bits per heavy atom. The number of carbonyl (C=O) groups excluding carboxylic acids is 2. The Kier molecular flexibility index (Phi) is 5.09. The second-order valence-electron chi connectivity index (χ2n) is 5.40. The zero-order chi connectivity index (χ0) is 15.2. The molecule has 0 unspecified atom stereocenters. The monoisotopic (exact) mass is 287 g/mol. The minimum absolute atomic E-state index is 0.0259. The Morgan fingerprint density at radius 1 is 1.48 bits per heavy atom. The SMILES string of the molecule is C=CCNC(=O)c1cc(C(=O)N2CCC(C)CC2)ccn1. The summed E-state index contributed by atoms with van der Waals surface area (Å²) < 4.78 is 0. The third-order valence-corrected chi connectivity index (χ3v) is 3.72. The Morgan fingerprint density at radius 3 is 2.86 bits per heavy atom. The number of hydrogen-bond acceptors (Lipinski definition) is 3. The van der Waals surface area contributed by atoms with E-state index in [2.05, 4.69) is 23.8 Å². The predicted molar refractivity (Wildman–Crippen MR) is 81.1 cm³/mol. The summed E-state index contributed by atoms with van der Waals surface area (Å²) in [5.74, 6) is 0.352. The van der Waals surface area contributed by atoms with Gasteiger partial charge in [0.1, 0.15) is 5.69 Å². The topological polar surface area (TPSA) is 62.3 Å². The van der Waals surface area contributed by atoms with Crippen molar-refractivity contribution in [1.82, 2.24) is 15.2 Å². The van der Waals surface area contributed by atoms with Gasteiger partial charge in [-0.1, -0.05) is 13.0 Å². The molecule has 0 spiro atoms. The number of nitrogens with zero attached hydrogens (tertiary/aromatic N) is 2. The first kappa shape index (κ1) is 15.2. The third-order valence-electron chi connectivity index (χ3n) is 3.72. The first-order valence-corrected chi connectivity index (χ1v) is 7.26. The van der Waals surface area contributed by atoms with Crippen LogP contribution in [0.15, 0.2) is 31.0 Å². The predicted octanol–water partition coefficient (Wildman–Crippen LogP) is 1.87. The summed E-state index contributed by atoms with van der Waals surface area (Å²) in [6.45, 7) is 7.68. The van der Waals surface area contributed by atoms with Crippen molar-refractivity contribution < 1.29 is 9.59 Å². The number of likely N-dealkylation sites (tertiary alicyclic amines) is 1. The van der Waals surface area contributed by atoms with E-state index in [9.17, 15) is 9.59 Å². The average Bonchev–Trinajstić information content (AvgIpc) is 2.52. The lowest BCUT2D eigenvalue weighted by Crippen LogP contribution is -2.38. The van der Waals surface area contributed by atoms with Crippen LogP contribution in [0.2, 0.25) is 0 Å². The van der Waals surface area contributed by atoms with Gasteiger partial charge in [0.2, 0.25) is 0 Å². The second kappa shape index (κ2) is 7.02. The Hall–Kier alpha value is -2.17. The molecule has 0 aliphatic carbocycles. The van der Waals surface area contributed by atoms with E-state index in [4.69, 9.17) is 0 Å².